The van der Waals surface area contributed by atoms with Crippen LogP contribution in [-0.2, 0) is 20.5 Å². The molecule has 7 nitrogen and oxygen atoms in total. The van der Waals surface area contributed by atoms with Crippen LogP contribution in [0.1, 0.15) is 32.4 Å². The number of rotatable bonds is 5. The average Bonchev–Trinajstić information content (AvgIpc) is 2.42. The molecular weight excluding hydrogens is 296 g/mol. The zero-order valence-corrected chi connectivity index (χ0v) is 13.1. The van der Waals surface area contributed by atoms with E-state index in [2.05, 4.69) is 9.46 Å². The second-order valence-corrected chi connectivity index (χ2v) is 7.31. The van der Waals surface area contributed by atoms with Crippen LogP contribution in [0.4, 0.5) is 5.69 Å². The molecule has 0 unspecified atom stereocenters. The van der Waals surface area contributed by atoms with Gasteiger partial charge in [-0.25, -0.2) is 13.7 Å². The Bertz CT molecular complexity index is 568. The highest BCUT2D eigenvalue weighted by Crippen LogP contribution is 2.22. The number of carbonyl (C=O) groups excluding carboxylic acids is 1. The standard InChI is InChI=1S/C13H18N2O5S/c1-13(2,3)21(19)14-11(12(16)20-4)9-6-5-7-10(8-9)15(17)18/h5-8,11,14H,1-4H3/t11-,21-/m1/s1. The van der Waals surface area contributed by atoms with E-state index >= 15 is 0 Å². The van der Waals surface area contributed by atoms with E-state index in [0.29, 0.717) is 5.56 Å². The molecular formula is C13H18N2O5S. The van der Waals surface area contributed by atoms with E-state index in [1.165, 1.54) is 25.3 Å². The molecule has 0 aliphatic rings. The van der Waals surface area contributed by atoms with Gasteiger partial charge in [-0.2, -0.15) is 0 Å². The zero-order chi connectivity index (χ0) is 16.2. The molecule has 0 radical (unpaired) electrons. The Labute approximate surface area is 125 Å². The van der Waals surface area contributed by atoms with Crippen LogP contribution in [0.15, 0.2) is 24.3 Å². The minimum absolute atomic E-state index is 0.148. The van der Waals surface area contributed by atoms with Gasteiger partial charge < -0.3 is 4.74 Å². The molecule has 1 N–H and O–H groups in total. The van der Waals surface area contributed by atoms with Gasteiger partial charge >= 0.3 is 5.97 Å². The minimum atomic E-state index is -1.53. The third-order valence-electron chi connectivity index (χ3n) is 2.63. The second kappa shape index (κ2) is 6.77. The highest BCUT2D eigenvalue weighted by Gasteiger charge is 2.29. The quantitative estimate of drug-likeness (QED) is 0.508. The zero-order valence-electron chi connectivity index (χ0n) is 12.3. The molecule has 21 heavy (non-hydrogen) atoms. The van der Waals surface area contributed by atoms with Crippen LogP contribution in [0.25, 0.3) is 0 Å². The van der Waals surface area contributed by atoms with Gasteiger partial charge in [0.2, 0.25) is 0 Å². The van der Waals surface area contributed by atoms with Gasteiger partial charge in [0.05, 0.1) is 27.8 Å². The van der Waals surface area contributed by atoms with E-state index in [0.717, 1.165) is 0 Å². The fraction of sp³-hybridized carbons (Fsp3) is 0.462. The summed E-state index contributed by atoms with van der Waals surface area (Å²) in [5.74, 6) is -0.659. The van der Waals surface area contributed by atoms with Crippen LogP contribution < -0.4 is 4.72 Å². The molecule has 0 heterocycles. The van der Waals surface area contributed by atoms with Gasteiger partial charge in [-0.15, -0.1) is 0 Å². The Morgan fingerprint density at radius 1 is 1.43 bits per heavy atom. The lowest BCUT2D eigenvalue weighted by molar-refractivity contribution is -0.384. The third-order valence-corrected chi connectivity index (χ3v) is 4.19. The first kappa shape index (κ1) is 17.3. The molecule has 0 fully saturated rings. The fourth-order valence-corrected chi connectivity index (χ4v) is 2.27. The molecule has 8 heteroatoms. The summed E-state index contributed by atoms with van der Waals surface area (Å²) >= 11 is 0. The number of nitro groups is 1. The Balaban J connectivity index is 3.14. The van der Waals surface area contributed by atoms with E-state index in [-0.39, 0.29) is 5.69 Å². The number of nitro benzene ring substituents is 1. The van der Waals surface area contributed by atoms with Gasteiger partial charge in [0.15, 0.2) is 0 Å². The van der Waals surface area contributed by atoms with Crippen molar-refractivity contribution in [1.82, 2.24) is 4.72 Å². The Morgan fingerprint density at radius 3 is 2.52 bits per heavy atom. The minimum Gasteiger partial charge on any atom is -0.468 e. The summed E-state index contributed by atoms with van der Waals surface area (Å²) in [7, 11) is -0.325. The number of benzene rings is 1. The van der Waals surface area contributed by atoms with Gasteiger partial charge in [-0.05, 0) is 26.3 Å². The predicted molar refractivity (Wildman–Crippen MR) is 78.9 cm³/mol. The molecule has 2 atom stereocenters. The Hall–Kier alpha value is -1.80. The molecule has 1 aromatic carbocycles. The number of nitrogens with one attached hydrogen (secondary N) is 1. The van der Waals surface area contributed by atoms with Gasteiger partial charge in [0.1, 0.15) is 6.04 Å². The SMILES string of the molecule is COC(=O)[C@H](N[S@](=O)C(C)(C)C)c1cccc([N+](=O)[O-])c1. The monoisotopic (exact) mass is 314 g/mol. The maximum Gasteiger partial charge on any atom is 0.328 e. The topological polar surface area (TPSA) is 98.5 Å². The summed E-state index contributed by atoms with van der Waals surface area (Å²) in [5.41, 5.74) is 0.179. The van der Waals surface area contributed by atoms with Crippen molar-refractivity contribution in [2.24, 2.45) is 0 Å². The van der Waals surface area contributed by atoms with Crippen molar-refractivity contribution in [3.63, 3.8) is 0 Å². The molecule has 0 saturated heterocycles. The lowest BCUT2D eigenvalue weighted by Crippen LogP contribution is -2.39. The first-order valence-corrected chi connectivity index (χ1v) is 7.32. The Morgan fingerprint density at radius 2 is 2.05 bits per heavy atom. The highest BCUT2D eigenvalue weighted by atomic mass is 32.2. The van der Waals surface area contributed by atoms with E-state index < -0.39 is 32.7 Å². The van der Waals surface area contributed by atoms with E-state index in [9.17, 15) is 19.1 Å². The largest absolute Gasteiger partial charge is 0.468 e. The molecule has 0 aromatic heterocycles. The van der Waals surface area contributed by atoms with Gasteiger partial charge in [-0.1, -0.05) is 12.1 Å². The smallest absolute Gasteiger partial charge is 0.328 e. The van der Waals surface area contributed by atoms with Gasteiger partial charge in [0, 0.05) is 12.1 Å². The molecule has 0 spiro atoms. The van der Waals surface area contributed by atoms with Crippen molar-refractivity contribution in [2.45, 2.75) is 31.6 Å². The highest BCUT2D eigenvalue weighted by molar-refractivity contribution is 7.84. The summed E-state index contributed by atoms with van der Waals surface area (Å²) in [4.78, 5) is 22.1. The molecule has 116 valence electrons. The summed E-state index contributed by atoms with van der Waals surface area (Å²) in [6.07, 6.45) is 0. The number of esters is 1. The number of ether oxygens (including phenoxy) is 1. The molecule has 0 saturated carbocycles. The van der Waals surface area contributed by atoms with Crippen LogP contribution in [0.2, 0.25) is 0 Å². The van der Waals surface area contributed by atoms with Crippen molar-refractivity contribution >= 4 is 22.6 Å². The van der Waals surface area contributed by atoms with Crippen LogP contribution in [-0.4, -0.2) is 27.0 Å². The molecule has 1 rings (SSSR count). The third kappa shape index (κ3) is 4.61. The van der Waals surface area contributed by atoms with Crippen LogP contribution in [0.3, 0.4) is 0 Å². The molecule has 0 bridgehead atoms. The maximum atomic E-state index is 12.1. The lowest BCUT2D eigenvalue weighted by Gasteiger charge is -2.23. The number of carbonyl (C=O) groups is 1. The van der Waals surface area contributed by atoms with Crippen molar-refractivity contribution in [1.29, 1.82) is 0 Å². The number of methoxy groups -OCH3 is 1. The fourth-order valence-electron chi connectivity index (χ4n) is 1.47. The van der Waals surface area contributed by atoms with E-state index in [1.807, 2.05) is 0 Å². The van der Waals surface area contributed by atoms with Crippen molar-refractivity contribution < 1.29 is 18.7 Å². The Kier molecular flexibility index (Phi) is 5.56. The van der Waals surface area contributed by atoms with Gasteiger partial charge in [0.25, 0.3) is 5.69 Å². The van der Waals surface area contributed by atoms with Gasteiger partial charge in [-0.3, -0.25) is 10.1 Å². The summed E-state index contributed by atoms with van der Waals surface area (Å²) in [5, 5.41) is 10.8. The van der Waals surface area contributed by atoms with Crippen LogP contribution >= 0.6 is 0 Å². The van der Waals surface area contributed by atoms with Crippen molar-refractivity contribution in [3.05, 3.63) is 39.9 Å². The lowest BCUT2D eigenvalue weighted by atomic mass is 10.1. The van der Waals surface area contributed by atoms with E-state index in [4.69, 9.17) is 0 Å². The predicted octanol–water partition coefficient (Wildman–Crippen LogP) is 1.86. The molecule has 1 aromatic rings. The van der Waals surface area contributed by atoms with Crippen molar-refractivity contribution in [2.75, 3.05) is 7.11 Å². The van der Waals surface area contributed by atoms with Crippen LogP contribution in [0.5, 0.6) is 0 Å². The summed E-state index contributed by atoms with van der Waals surface area (Å²) in [6, 6.07) is 4.55. The number of hydrogen-bond donors (Lipinski definition) is 1. The van der Waals surface area contributed by atoms with Crippen LogP contribution in [0, 0.1) is 10.1 Å². The number of nitrogens with zero attached hydrogens (tertiary/aromatic N) is 1. The number of hydrogen-bond acceptors (Lipinski definition) is 5. The number of non-ortho nitro benzene ring substituents is 1. The first-order valence-electron chi connectivity index (χ1n) is 6.17. The summed E-state index contributed by atoms with van der Waals surface area (Å²) < 4.78 is 18.9. The van der Waals surface area contributed by atoms with E-state index in [1.54, 1.807) is 26.8 Å². The molecule has 0 aliphatic heterocycles. The molecule has 0 amide bonds. The molecule has 0 aliphatic carbocycles. The second-order valence-electron chi connectivity index (χ2n) is 5.31. The van der Waals surface area contributed by atoms with Crippen molar-refractivity contribution in [3.8, 4) is 0 Å². The summed E-state index contributed by atoms with van der Waals surface area (Å²) in [6.45, 7) is 5.24. The average molecular weight is 314 g/mol. The maximum absolute atomic E-state index is 12.1. The first-order chi connectivity index (χ1) is 9.66. The normalized spacial score (nSPS) is 14.3.